The van der Waals surface area contributed by atoms with Gasteiger partial charge in [-0.15, -0.1) is 0 Å². The second-order valence-electron chi connectivity index (χ2n) is 5.53. The third-order valence-corrected chi connectivity index (χ3v) is 3.32. The van der Waals surface area contributed by atoms with E-state index in [-0.39, 0.29) is 17.9 Å². The molecule has 1 saturated heterocycles. The summed E-state index contributed by atoms with van der Waals surface area (Å²) in [5.41, 5.74) is 0.995. The summed E-state index contributed by atoms with van der Waals surface area (Å²) < 4.78 is 39.7. The van der Waals surface area contributed by atoms with E-state index < -0.39 is 12.4 Å². The van der Waals surface area contributed by atoms with Crippen LogP contribution in [0.15, 0.2) is 24.3 Å². The summed E-state index contributed by atoms with van der Waals surface area (Å²) in [5.74, 6) is -0.362. The lowest BCUT2D eigenvalue weighted by Crippen LogP contribution is -2.32. The summed E-state index contributed by atoms with van der Waals surface area (Å²) in [6, 6.07) is 6.70. The van der Waals surface area contributed by atoms with Gasteiger partial charge in [0.05, 0.1) is 12.7 Å². The molecule has 1 N–H and O–H groups in total. The zero-order valence-electron chi connectivity index (χ0n) is 12.4. The Balaban J connectivity index is 1.82. The van der Waals surface area contributed by atoms with Gasteiger partial charge in [-0.05, 0) is 38.5 Å². The SMILES string of the molecule is C[C@H](NCC1COC(C)(C)O1)c1ccc(OC(F)F)cc1. The van der Waals surface area contributed by atoms with E-state index in [4.69, 9.17) is 9.47 Å². The molecular formula is C15H21F2NO3. The summed E-state index contributed by atoms with van der Waals surface area (Å²) in [6.45, 7) is 4.21. The van der Waals surface area contributed by atoms with Gasteiger partial charge in [0, 0.05) is 12.6 Å². The zero-order valence-corrected chi connectivity index (χ0v) is 12.4. The maximum absolute atomic E-state index is 12.1. The van der Waals surface area contributed by atoms with Crippen LogP contribution in [0.4, 0.5) is 8.78 Å². The van der Waals surface area contributed by atoms with Crippen molar-refractivity contribution in [3.63, 3.8) is 0 Å². The summed E-state index contributed by atoms with van der Waals surface area (Å²) in [4.78, 5) is 0. The fraction of sp³-hybridized carbons (Fsp3) is 0.600. The highest BCUT2D eigenvalue weighted by Gasteiger charge is 2.32. The highest BCUT2D eigenvalue weighted by molar-refractivity contribution is 5.28. The average Bonchev–Trinajstić information content (AvgIpc) is 2.76. The standard InChI is InChI=1S/C15H21F2NO3/c1-10(18-8-13-9-19-15(2,3)21-13)11-4-6-12(7-5-11)20-14(16)17/h4-7,10,13-14,18H,8-9H2,1-3H3/t10-,13?/m0/s1. The van der Waals surface area contributed by atoms with Gasteiger partial charge in [-0.3, -0.25) is 0 Å². The van der Waals surface area contributed by atoms with Gasteiger partial charge >= 0.3 is 6.61 Å². The van der Waals surface area contributed by atoms with E-state index in [0.29, 0.717) is 13.2 Å². The molecule has 1 aliphatic rings. The first-order chi connectivity index (χ1) is 9.85. The quantitative estimate of drug-likeness (QED) is 0.876. The lowest BCUT2D eigenvalue weighted by molar-refractivity contribution is -0.137. The van der Waals surface area contributed by atoms with Crippen molar-refractivity contribution in [2.24, 2.45) is 0 Å². The number of rotatable bonds is 6. The molecule has 1 fully saturated rings. The van der Waals surface area contributed by atoms with E-state index in [0.717, 1.165) is 5.56 Å². The molecule has 1 aromatic rings. The molecule has 0 radical (unpaired) electrons. The molecule has 1 unspecified atom stereocenters. The maximum atomic E-state index is 12.1. The van der Waals surface area contributed by atoms with Crippen LogP contribution in [-0.4, -0.2) is 31.7 Å². The molecule has 0 bridgehead atoms. The normalized spacial score (nSPS) is 22.5. The molecule has 0 amide bonds. The Bertz CT molecular complexity index is 451. The molecule has 1 heterocycles. The highest BCUT2D eigenvalue weighted by Crippen LogP contribution is 2.23. The van der Waals surface area contributed by atoms with E-state index in [1.807, 2.05) is 20.8 Å². The molecule has 1 aromatic carbocycles. The third kappa shape index (κ3) is 4.91. The topological polar surface area (TPSA) is 39.7 Å². The van der Waals surface area contributed by atoms with Crippen molar-refractivity contribution < 1.29 is 23.0 Å². The lowest BCUT2D eigenvalue weighted by atomic mass is 10.1. The van der Waals surface area contributed by atoms with Crippen LogP contribution in [0.3, 0.4) is 0 Å². The molecule has 0 aromatic heterocycles. The molecule has 2 atom stereocenters. The highest BCUT2D eigenvalue weighted by atomic mass is 19.3. The van der Waals surface area contributed by atoms with Crippen molar-refractivity contribution in [3.8, 4) is 5.75 Å². The van der Waals surface area contributed by atoms with Crippen molar-refractivity contribution in [3.05, 3.63) is 29.8 Å². The average molecular weight is 301 g/mol. The molecular weight excluding hydrogens is 280 g/mol. The molecule has 1 aliphatic heterocycles. The van der Waals surface area contributed by atoms with Crippen LogP contribution in [0.25, 0.3) is 0 Å². The van der Waals surface area contributed by atoms with Crippen LogP contribution >= 0.6 is 0 Å². The van der Waals surface area contributed by atoms with Gasteiger partial charge in [0.25, 0.3) is 0 Å². The second-order valence-corrected chi connectivity index (χ2v) is 5.53. The monoisotopic (exact) mass is 301 g/mol. The Morgan fingerprint density at radius 2 is 2.00 bits per heavy atom. The third-order valence-electron chi connectivity index (χ3n) is 3.32. The number of benzene rings is 1. The minimum atomic E-state index is -2.80. The van der Waals surface area contributed by atoms with Crippen molar-refractivity contribution in [1.29, 1.82) is 0 Å². The molecule has 21 heavy (non-hydrogen) atoms. The minimum absolute atomic E-state index is 0.0175. The van der Waals surface area contributed by atoms with Gasteiger partial charge < -0.3 is 19.5 Å². The van der Waals surface area contributed by atoms with Crippen molar-refractivity contribution in [1.82, 2.24) is 5.32 Å². The van der Waals surface area contributed by atoms with Crippen molar-refractivity contribution in [2.45, 2.75) is 45.3 Å². The van der Waals surface area contributed by atoms with Crippen LogP contribution in [0.1, 0.15) is 32.4 Å². The minimum Gasteiger partial charge on any atom is -0.435 e. The lowest BCUT2D eigenvalue weighted by Gasteiger charge is -2.19. The largest absolute Gasteiger partial charge is 0.435 e. The molecule has 6 heteroatoms. The Kier molecular flexibility index (Phi) is 5.13. The number of hydrogen-bond donors (Lipinski definition) is 1. The Morgan fingerprint density at radius 3 is 2.52 bits per heavy atom. The number of halogens is 2. The van der Waals surface area contributed by atoms with Crippen molar-refractivity contribution >= 4 is 0 Å². The van der Waals surface area contributed by atoms with Crippen molar-refractivity contribution in [2.75, 3.05) is 13.2 Å². The zero-order chi connectivity index (χ0) is 15.5. The Labute approximate surface area is 123 Å². The van der Waals surface area contributed by atoms with Crippen LogP contribution in [0.2, 0.25) is 0 Å². The van der Waals surface area contributed by atoms with Gasteiger partial charge in [0.1, 0.15) is 5.75 Å². The molecule has 0 spiro atoms. The smallest absolute Gasteiger partial charge is 0.387 e. The summed E-state index contributed by atoms with van der Waals surface area (Å²) in [5, 5.41) is 3.34. The van der Waals surface area contributed by atoms with Crippen LogP contribution in [0, 0.1) is 0 Å². The van der Waals surface area contributed by atoms with Crippen LogP contribution in [-0.2, 0) is 9.47 Å². The van der Waals surface area contributed by atoms with Crippen LogP contribution in [0.5, 0.6) is 5.75 Å². The summed E-state index contributed by atoms with van der Waals surface area (Å²) in [6.07, 6.45) is 0.0175. The van der Waals surface area contributed by atoms with Gasteiger partial charge in [-0.1, -0.05) is 12.1 Å². The van der Waals surface area contributed by atoms with Gasteiger partial charge in [-0.25, -0.2) is 0 Å². The van der Waals surface area contributed by atoms with E-state index in [1.54, 1.807) is 12.1 Å². The molecule has 2 rings (SSSR count). The fourth-order valence-corrected chi connectivity index (χ4v) is 2.23. The second kappa shape index (κ2) is 6.68. The number of nitrogens with one attached hydrogen (secondary N) is 1. The van der Waals surface area contributed by atoms with Gasteiger partial charge in [0.2, 0.25) is 0 Å². The van der Waals surface area contributed by atoms with E-state index in [1.165, 1.54) is 12.1 Å². The van der Waals surface area contributed by atoms with E-state index in [2.05, 4.69) is 10.1 Å². The first-order valence-corrected chi connectivity index (χ1v) is 6.96. The first kappa shape index (κ1) is 16.1. The first-order valence-electron chi connectivity index (χ1n) is 6.96. The fourth-order valence-electron chi connectivity index (χ4n) is 2.23. The number of alkyl halides is 2. The van der Waals surface area contributed by atoms with Crippen LogP contribution < -0.4 is 10.1 Å². The van der Waals surface area contributed by atoms with E-state index in [9.17, 15) is 8.78 Å². The molecule has 0 saturated carbocycles. The molecule has 0 aliphatic carbocycles. The molecule has 118 valence electrons. The number of hydrogen-bond acceptors (Lipinski definition) is 4. The predicted molar refractivity (Wildman–Crippen MR) is 74.4 cm³/mol. The predicted octanol–water partition coefficient (Wildman–Crippen LogP) is 3.09. The summed E-state index contributed by atoms with van der Waals surface area (Å²) in [7, 11) is 0. The Hall–Kier alpha value is -1.24. The van der Waals surface area contributed by atoms with Gasteiger partial charge in [-0.2, -0.15) is 8.78 Å². The number of ether oxygens (including phenoxy) is 3. The maximum Gasteiger partial charge on any atom is 0.387 e. The summed E-state index contributed by atoms with van der Waals surface area (Å²) >= 11 is 0. The molecule has 4 nitrogen and oxygen atoms in total. The Morgan fingerprint density at radius 1 is 1.33 bits per heavy atom. The van der Waals surface area contributed by atoms with E-state index >= 15 is 0 Å². The van der Waals surface area contributed by atoms with Gasteiger partial charge in [0.15, 0.2) is 5.79 Å².